The van der Waals surface area contributed by atoms with Crippen molar-refractivity contribution in [3.8, 4) is 10.7 Å². The summed E-state index contributed by atoms with van der Waals surface area (Å²) in [5.41, 5.74) is 2.05. The van der Waals surface area contributed by atoms with Gasteiger partial charge >= 0.3 is 0 Å². The molecule has 1 aromatic carbocycles. The molecule has 0 bridgehead atoms. The van der Waals surface area contributed by atoms with E-state index in [1.807, 2.05) is 6.07 Å². The van der Waals surface area contributed by atoms with Crippen LogP contribution >= 0.6 is 11.3 Å². The molecule has 5 nitrogen and oxygen atoms in total. The highest BCUT2D eigenvalue weighted by atomic mass is 32.1. The van der Waals surface area contributed by atoms with Crippen LogP contribution in [-0.2, 0) is 0 Å². The minimum Gasteiger partial charge on any atom is -0.355 e. The van der Waals surface area contributed by atoms with E-state index in [2.05, 4.69) is 64.9 Å². The molecule has 3 aromatic rings. The first-order valence-electron chi connectivity index (χ1n) is 11.7. The van der Waals surface area contributed by atoms with Gasteiger partial charge in [0.15, 0.2) is 0 Å². The number of likely N-dealkylation sites (tertiary alicyclic amines) is 1. The van der Waals surface area contributed by atoms with Crippen molar-refractivity contribution in [3.05, 3.63) is 42.5 Å². The number of hydrogen-bond acceptors (Lipinski definition) is 6. The number of pyridine rings is 1. The third-order valence-corrected chi connectivity index (χ3v) is 7.91. The van der Waals surface area contributed by atoms with Crippen LogP contribution in [0.15, 0.2) is 42.5 Å². The van der Waals surface area contributed by atoms with E-state index in [1.165, 1.54) is 43.6 Å². The summed E-state index contributed by atoms with van der Waals surface area (Å²) in [6.45, 7) is 11.6. The van der Waals surface area contributed by atoms with Gasteiger partial charge in [0.1, 0.15) is 16.5 Å². The standard InChI is InChI=1S/C25H33N5S/c1-19(2)28-15-11-20(12-16-28)29-13-6-14-30(18-17-29)24-10-5-8-22(26-24)25-27-21-7-3-4-9-23(21)31-25/h3-5,7-10,19-20H,6,11-18H2,1-2H3. The van der Waals surface area contributed by atoms with Crippen LogP contribution in [0.4, 0.5) is 5.82 Å². The lowest BCUT2D eigenvalue weighted by Crippen LogP contribution is -2.47. The number of para-hydroxylation sites is 1. The summed E-state index contributed by atoms with van der Waals surface area (Å²) in [5, 5.41) is 1.01. The maximum absolute atomic E-state index is 5.02. The number of benzene rings is 1. The Balaban J connectivity index is 1.26. The van der Waals surface area contributed by atoms with Crippen molar-refractivity contribution in [1.82, 2.24) is 19.8 Å². The second kappa shape index (κ2) is 9.23. The first-order chi connectivity index (χ1) is 15.2. The second-order valence-corrected chi connectivity index (χ2v) is 10.1. The molecule has 0 atom stereocenters. The van der Waals surface area contributed by atoms with Crippen LogP contribution in [-0.4, -0.2) is 71.1 Å². The Morgan fingerprint density at radius 3 is 2.52 bits per heavy atom. The average Bonchev–Trinajstić information content (AvgIpc) is 3.09. The minimum atomic E-state index is 0.675. The molecule has 6 heteroatoms. The molecule has 2 aromatic heterocycles. The van der Waals surface area contributed by atoms with E-state index >= 15 is 0 Å². The van der Waals surface area contributed by atoms with E-state index in [9.17, 15) is 0 Å². The Bertz CT molecular complexity index is 975. The maximum Gasteiger partial charge on any atom is 0.143 e. The lowest BCUT2D eigenvalue weighted by molar-refractivity contribution is 0.0965. The Kier molecular flexibility index (Phi) is 6.21. The highest BCUT2D eigenvalue weighted by Crippen LogP contribution is 2.30. The SMILES string of the molecule is CC(C)N1CCC(N2CCCN(c3cccc(-c4nc5ccccc5s4)n3)CC2)CC1. The molecule has 5 rings (SSSR count). The van der Waals surface area contributed by atoms with E-state index < -0.39 is 0 Å². The topological polar surface area (TPSA) is 35.5 Å². The first kappa shape index (κ1) is 20.9. The van der Waals surface area contributed by atoms with Gasteiger partial charge in [-0.15, -0.1) is 11.3 Å². The van der Waals surface area contributed by atoms with Crippen LogP contribution in [0.2, 0.25) is 0 Å². The molecule has 4 heterocycles. The molecule has 0 aliphatic carbocycles. The van der Waals surface area contributed by atoms with E-state index in [0.717, 1.165) is 47.7 Å². The molecule has 2 saturated heterocycles. The Labute approximate surface area is 189 Å². The van der Waals surface area contributed by atoms with E-state index in [-0.39, 0.29) is 0 Å². The third kappa shape index (κ3) is 4.61. The minimum absolute atomic E-state index is 0.675. The number of anilines is 1. The zero-order valence-corrected chi connectivity index (χ0v) is 19.5. The lowest BCUT2D eigenvalue weighted by atomic mass is 10.0. The summed E-state index contributed by atoms with van der Waals surface area (Å²) in [7, 11) is 0. The number of rotatable bonds is 4. The van der Waals surface area contributed by atoms with Crippen molar-refractivity contribution in [1.29, 1.82) is 0 Å². The van der Waals surface area contributed by atoms with E-state index in [4.69, 9.17) is 9.97 Å². The molecular formula is C25H33N5S. The highest BCUT2D eigenvalue weighted by Gasteiger charge is 2.27. The van der Waals surface area contributed by atoms with Crippen molar-refractivity contribution in [2.24, 2.45) is 0 Å². The predicted octanol–water partition coefficient (Wildman–Crippen LogP) is 4.74. The molecule has 31 heavy (non-hydrogen) atoms. The highest BCUT2D eigenvalue weighted by molar-refractivity contribution is 7.21. The third-order valence-electron chi connectivity index (χ3n) is 6.85. The molecule has 2 aliphatic heterocycles. The normalized spacial score (nSPS) is 19.9. The second-order valence-electron chi connectivity index (χ2n) is 9.11. The lowest BCUT2D eigenvalue weighted by Gasteiger charge is -2.39. The number of nitrogens with zero attached hydrogens (tertiary/aromatic N) is 5. The molecule has 2 aliphatic rings. The molecule has 0 saturated carbocycles. The first-order valence-corrected chi connectivity index (χ1v) is 12.5. The van der Waals surface area contributed by atoms with Gasteiger partial charge in [0.25, 0.3) is 0 Å². The smallest absolute Gasteiger partial charge is 0.143 e. The van der Waals surface area contributed by atoms with Gasteiger partial charge in [-0.25, -0.2) is 9.97 Å². The summed E-state index contributed by atoms with van der Waals surface area (Å²) in [6.07, 6.45) is 3.82. The van der Waals surface area contributed by atoms with E-state index in [0.29, 0.717) is 6.04 Å². The van der Waals surface area contributed by atoms with Crippen LogP contribution in [0.3, 0.4) is 0 Å². The number of piperidine rings is 1. The average molecular weight is 436 g/mol. The molecule has 2 fully saturated rings. The summed E-state index contributed by atoms with van der Waals surface area (Å²) in [6, 6.07) is 16.1. The Morgan fingerprint density at radius 1 is 0.871 bits per heavy atom. The molecule has 0 N–H and O–H groups in total. The van der Waals surface area contributed by atoms with Gasteiger partial charge in [-0.3, -0.25) is 4.90 Å². The number of fused-ring (bicyclic) bond motifs is 1. The molecular weight excluding hydrogens is 402 g/mol. The van der Waals surface area contributed by atoms with Gasteiger partial charge in [0.2, 0.25) is 0 Å². The predicted molar refractivity (Wildman–Crippen MR) is 131 cm³/mol. The van der Waals surface area contributed by atoms with Crippen LogP contribution in [0.5, 0.6) is 0 Å². The number of hydrogen-bond donors (Lipinski definition) is 0. The fraction of sp³-hybridized carbons (Fsp3) is 0.520. The zero-order valence-electron chi connectivity index (χ0n) is 18.7. The van der Waals surface area contributed by atoms with Gasteiger partial charge < -0.3 is 9.80 Å². The van der Waals surface area contributed by atoms with Crippen molar-refractivity contribution >= 4 is 27.4 Å². The molecule has 0 radical (unpaired) electrons. The van der Waals surface area contributed by atoms with Crippen LogP contribution in [0.1, 0.15) is 33.1 Å². The number of thiazole rings is 1. The van der Waals surface area contributed by atoms with Crippen LogP contribution in [0, 0.1) is 0 Å². The van der Waals surface area contributed by atoms with Crippen LogP contribution in [0.25, 0.3) is 20.9 Å². The zero-order chi connectivity index (χ0) is 21.2. The summed E-state index contributed by atoms with van der Waals surface area (Å²) < 4.78 is 1.22. The summed E-state index contributed by atoms with van der Waals surface area (Å²) in [5.74, 6) is 1.09. The maximum atomic E-state index is 5.02. The molecule has 0 spiro atoms. The van der Waals surface area contributed by atoms with Crippen molar-refractivity contribution in [2.45, 2.75) is 45.2 Å². The van der Waals surface area contributed by atoms with E-state index in [1.54, 1.807) is 11.3 Å². The molecule has 0 unspecified atom stereocenters. The van der Waals surface area contributed by atoms with Gasteiger partial charge in [0, 0.05) is 38.3 Å². The van der Waals surface area contributed by atoms with Gasteiger partial charge in [-0.05, 0) is 70.5 Å². The Hall–Kier alpha value is -2.02. The largest absolute Gasteiger partial charge is 0.355 e. The van der Waals surface area contributed by atoms with Crippen molar-refractivity contribution < 1.29 is 0 Å². The van der Waals surface area contributed by atoms with Crippen LogP contribution < -0.4 is 4.90 Å². The number of aromatic nitrogens is 2. The molecule has 0 amide bonds. The molecule has 164 valence electrons. The van der Waals surface area contributed by atoms with Crippen molar-refractivity contribution in [2.75, 3.05) is 44.2 Å². The summed E-state index contributed by atoms with van der Waals surface area (Å²) >= 11 is 1.73. The monoisotopic (exact) mass is 435 g/mol. The van der Waals surface area contributed by atoms with Gasteiger partial charge in [-0.2, -0.15) is 0 Å². The fourth-order valence-electron chi connectivity index (χ4n) is 5.00. The fourth-order valence-corrected chi connectivity index (χ4v) is 5.93. The quantitative estimate of drug-likeness (QED) is 0.591. The van der Waals surface area contributed by atoms with Gasteiger partial charge in [0.05, 0.1) is 10.2 Å². The Morgan fingerprint density at radius 2 is 1.71 bits per heavy atom. The van der Waals surface area contributed by atoms with Crippen molar-refractivity contribution in [3.63, 3.8) is 0 Å². The van der Waals surface area contributed by atoms with Gasteiger partial charge in [-0.1, -0.05) is 18.2 Å². The summed E-state index contributed by atoms with van der Waals surface area (Å²) in [4.78, 5) is 17.7.